The largest absolute Gasteiger partial charge is 0.496 e. The second-order valence-electron chi connectivity index (χ2n) is 4.88. The first-order valence-electron chi connectivity index (χ1n) is 7.07. The van der Waals surface area contributed by atoms with Crippen LogP contribution in [0.4, 0.5) is 0 Å². The normalized spacial score (nSPS) is 18.0. The summed E-state index contributed by atoms with van der Waals surface area (Å²) in [6.07, 6.45) is 4.39. The summed E-state index contributed by atoms with van der Waals surface area (Å²) in [6, 6.07) is 8.13. The molecule has 1 fully saturated rings. The van der Waals surface area contributed by atoms with Gasteiger partial charge >= 0.3 is 0 Å². The maximum Gasteiger partial charge on any atom is 0.126 e. The van der Waals surface area contributed by atoms with Crippen LogP contribution < -0.4 is 4.74 Å². The predicted octanol–water partition coefficient (Wildman–Crippen LogP) is 2.35. The molecule has 0 atom stereocenters. The predicted molar refractivity (Wildman–Crippen MR) is 80.6 cm³/mol. The van der Waals surface area contributed by atoms with Crippen LogP contribution in [0.15, 0.2) is 30.3 Å². The van der Waals surface area contributed by atoms with Crippen molar-refractivity contribution in [1.29, 1.82) is 0 Å². The molecule has 0 bridgehead atoms. The molecule has 0 spiro atoms. The lowest BCUT2D eigenvalue weighted by molar-refractivity contribution is 0.148. The molecule has 0 amide bonds. The molecule has 2 rings (SSSR count). The maximum absolute atomic E-state index is 5.34. The maximum atomic E-state index is 5.34. The Morgan fingerprint density at radius 1 is 1.11 bits per heavy atom. The summed E-state index contributed by atoms with van der Waals surface area (Å²) in [4.78, 5) is 5.00. The van der Waals surface area contributed by atoms with Gasteiger partial charge in [0.2, 0.25) is 0 Å². The first kappa shape index (κ1) is 14.1. The van der Waals surface area contributed by atoms with E-state index in [1.807, 2.05) is 18.2 Å². The van der Waals surface area contributed by atoms with E-state index in [1.54, 1.807) is 7.11 Å². The van der Waals surface area contributed by atoms with Crippen LogP contribution in [-0.2, 0) is 0 Å². The highest BCUT2D eigenvalue weighted by Gasteiger charge is 2.13. The monoisotopic (exact) mass is 260 g/mol. The van der Waals surface area contributed by atoms with E-state index >= 15 is 0 Å². The van der Waals surface area contributed by atoms with Crippen molar-refractivity contribution in [3.63, 3.8) is 0 Å². The number of methoxy groups -OCH3 is 1. The highest BCUT2D eigenvalue weighted by molar-refractivity contribution is 5.57. The molecule has 1 aromatic rings. The van der Waals surface area contributed by atoms with Crippen molar-refractivity contribution < 1.29 is 4.74 Å². The molecular weight excluding hydrogens is 236 g/mol. The third-order valence-corrected chi connectivity index (χ3v) is 3.71. The molecule has 1 aliphatic heterocycles. The van der Waals surface area contributed by atoms with Crippen LogP contribution in [0.1, 0.15) is 12.5 Å². The van der Waals surface area contributed by atoms with Crippen molar-refractivity contribution in [2.75, 3.05) is 46.4 Å². The number of ether oxygens (including phenoxy) is 1. The smallest absolute Gasteiger partial charge is 0.126 e. The van der Waals surface area contributed by atoms with E-state index in [4.69, 9.17) is 4.74 Å². The van der Waals surface area contributed by atoms with Gasteiger partial charge in [-0.2, -0.15) is 0 Å². The number of piperazine rings is 1. The zero-order chi connectivity index (χ0) is 13.5. The first-order valence-corrected chi connectivity index (χ1v) is 7.07. The number of rotatable bonds is 5. The number of hydrogen-bond acceptors (Lipinski definition) is 3. The molecule has 0 radical (unpaired) electrons. The third kappa shape index (κ3) is 4.08. The summed E-state index contributed by atoms with van der Waals surface area (Å²) < 4.78 is 5.34. The van der Waals surface area contributed by atoms with Crippen LogP contribution in [-0.4, -0.2) is 56.2 Å². The van der Waals surface area contributed by atoms with E-state index in [1.165, 1.54) is 32.7 Å². The Bertz CT molecular complexity index is 409. The van der Waals surface area contributed by atoms with E-state index in [9.17, 15) is 0 Å². The Labute approximate surface area is 116 Å². The fraction of sp³-hybridized carbons (Fsp3) is 0.500. The average Bonchev–Trinajstić information content (AvgIpc) is 2.48. The molecule has 1 saturated heterocycles. The molecule has 0 aromatic heterocycles. The zero-order valence-electron chi connectivity index (χ0n) is 12.0. The quantitative estimate of drug-likeness (QED) is 0.808. The van der Waals surface area contributed by atoms with Crippen molar-refractivity contribution in [1.82, 2.24) is 9.80 Å². The molecule has 0 aliphatic carbocycles. The Morgan fingerprint density at radius 3 is 2.47 bits per heavy atom. The Hall–Kier alpha value is -1.32. The standard InChI is InChI=1S/C16H24N2O/c1-3-17-11-13-18(14-12-17)10-6-8-15-7-4-5-9-16(15)19-2/h4-9H,3,10-14H2,1-2H3/b8-6+. The number of likely N-dealkylation sites (N-methyl/N-ethyl adjacent to an activating group) is 1. The van der Waals surface area contributed by atoms with Gasteiger partial charge in [-0.1, -0.05) is 37.3 Å². The molecule has 0 N–H and O–H groups in total. The van der Waals surface area contributed by atoms with E-state index in [-0.39, 0.29) is 0 Å². The highest BCUT2D eigenvalue weighted by atomic mass is 16.5. The molecule has 0 unspecified atom stereocenters. The van der Waals surface area contributed by atoms with Crippen molar-refractivity contribution in [3.8, 4) is 5.75 Å². The van der Waals surface area contributed by atoms with E-state index < -0.39 is 0 Å². The van der Waals surface area contributed by atoms with Crippen molar-refractivity contribution >= 4 is 6.08 Å². The molecule has 0 saturated carbocycles. The first-order chi connectivity index (χ1) is 9.33. The van der Waals surface area contributed by atoms with Gasteiger partial charge in [-0.3, -0.25) is 4.90 Å². The minimum absolute atomic E-state index is 0.939. The summed E-state index contributed by atoms with van der Waals surface area (Å²) in [6.45, 7) is 9.16. The lowest BCUT2D eigenvalue weighted by Crippen LogP contribution is -2.45. The molecule has 3 nitrogen and oxygen atoms in total. The average molecular weight is 260 g/mol. The van der Waals surface area contributed by atoms with Gasteiger partial charge in [0.05, 0.1) is 7.11 Å². The van der Waals surface area contributed by atoms with Gasteiger partial charge in [0.1, 0.15) is 5.75 Å². The second kappa shape index (κ2) is 7.31. The van der Waals surface area contributed by atoms with E-state index in [0.29, 0.717) is 0 Å². The second-order valence-corrected chi connectivity index (χ2v) is 4.88. The van der Waals surface area contributed by atoms with Crippen molar-refractivity contribution in [2.45, 2.75) is 6.92 Å². The highest BCUT2D eigenvalue weighted by Crippen LogP contribution is 2.18. The third-order valence-electron chi connectivity index (χ3n) is 3.71. The van der Waals surface area contributed by atoms with Crippen LogP contribution in [0.2, 0.25) is 0 Å². The number of hydrogen-bond donors (Lipinski definition) is 0. The van der Waals surface area contributed by atoms with Crippen LogP contribution in [0, 0.1) is 0 Å². The van der Waals surface area contributed by atoms with Crippen molar-refractivity contribution in [2.24, 2.45) is 0 Å². The SMILES string of the molecule is CCN1CCN(C/C=C/c2ccccc2OC)CC1. The molecule has 104 valence electrons. The van der Waals surface area contributed by atoms with Gasteiger partial charge < -0.3 is 9.64 Å². The van der Waals surface area contributed by atoms with Crippen molar-refractivity contribution in [3.05, 3.63) is 35.9 Å². The minimum atomic E-state index is 0.939. The fourth-order valence-electron chi connectivity index (χ4n) is 2.42. The van der Waals surface area contributed by atoms with Gasteiger partial charge in [0.15, 0.2) is 0 Å². The fourth-order valence-corrected chi connectivity index (χ4v) is 2.42. The molecule has 1 aromatic carbocycles. The van der Waals surface area contributed by atoms with Crippen LogP contribution in [0.25, 0.3) is 6.08 Å². The minimum Gasteiger partial charge on any atom is -0.496 e. The Balaban J connectivity index is 1.83. The number of nitrogens with zero attached hydrogens (tertiary/aromatic N) is 2. The van der Waals surface area contributed by atoms with Crippen LogP contribution in [0.5, 0.6) is 5.75 Å². The lowest BCUT2D eigenvalue weighted by atomic mass is 10.2. The zero-order valence-corrected chi connectivity index (χ0v) is 12.0. The molecule has 3 heteroatoms. The summed E-state index contributed by atoms with van der Waals surface area (Å²) in [7, 11) is 1.72. The molecular formula is C16H24N2O. The summed E-state index contributed by atoms with van der Waals surface area (Å²) in [5.74, 6) is 0.939. The molecule has 19 heavy (non-hydrogen) atoms. The van der Waals surface area contributed by atoms with Gasteiger partial charge in [-0.05, 0) is 12.6 Å². The number of benzene rings is 1. The van der Waals surface area contributed by atoms with Gasteiger partial charge in [-0.15, -0.1) is 0 Å². The number of para-hydroxylation sites is 1. The van der Waals surface area contributed by atoms with E-state index in [2.05, 4.69) is 34.9 Å². The van der Waals surface area contributed by atoms with Gasteiger partial charge in [0, 0.05) is 38.3 Å². The lowest BCUT2D eigenvalue weighted by Gasteiger charge is -2.33. The molecule has 1 heterocycles. The topological polar surface area (TPSA) is 15.7 Å². The van der Waals surface area contributed by atoms with E-state index in [0.717, 1.165) is 17.9 Å². The van der Waals surface area contributed by atoms with Crippen LogP contribution >= 0.6 is 0 Å². The van der Waals surface area contributed by atoms with Gasteiger partial charge in [0.25, 0.3) is 0 Å². The molecule has 1 aliphatic rings. The van der Waals surface area contributed by atoms with Crippen LogP contribution in [0.3, 0.4) is 0 Å². The van der Waals surface area contributed by atoms with Gasteiger partial charge in [-0.25, -0.2) is 0 Å². The summed E-state index contributed by atoms with van der Waals surface area (Å²) >= 11 is 0. The Kier molecular flexibility index (Phi) is 5.43. The summed E-state index contributed by atoms with van der Waals surface area (Å²) in [5, 5.41) is 0. The Morgan fingerprint density at radius 2 is 1.79 bits per heavy atom. The summed E-state index contributed by atoms with van der Waals surface area (Å²) in [5.41, 5.74) is 1.15.